The van der Waals surface area contributed by atoms with Crippen LogP contribution in [0.5, 0.6) is 0 Å². The van der Waals surface area contributed by atoms with E-state index >= 15 is 0 Å². The van der Waals surface area contributed by atoms with E-state index in [1.165, 1.54) is 6.92 Å². The van der Waals surface area contributed by atoms with Crippen LogP contribution in [0.1, 0.15) is 40.0 Å². The molecule has 0 aromatic carbocycles. The number of nitrogens with one attached hydrogen (secondary N) is 3. The molecule has 0 aliphatic rings. The van der Waals surface area contributed by atoms with E-state index in [0.29, 0.717) is 6.42 Å². The zero-order valence-electron chi connectivity index (χ0n) is 16.8. The minimum Gasteiger partial charge on any atom is -0.480 e. The number of rotatable bonds is 13. The van der Waals surface area contributed by atoms with Crippen molar-refractivity contribution in [2.45, 2.75) is 64.2 Å². The lowest BCUT2D eigenvalue weighted by atomic mass is 9.99. The van der Waals surface area contributed by atoms with Gasteiger partial charge in [-0.25, -0.2) is 4.79 Å². The van der Waals surface area contributed by atoms with Gasteiger partial charge < -0.3 is 37.6 Å². The quantitative estimate of drug-likeness (QED) is 0.165. The number of aliphatic carboxylic acids is 1. The van der Waals surface area contributed by atoms with Crippen LogP contribution in [0, 0.1) is 5.92 Å². The van der Waals surface area contributed by atoms with E-state index in [2.05, 4.69) is 16.0 Å². The Kier molecular flexibility index (Phi) is 11.5. The third-order valence-corrected chi connectivity index (χ3v) is 4.42. The first kappa shape index (κ1) is 26.3. The molecule has 0 saturated heterocycles. The van der Waals surface area contributed by atoms with Crippen LogP contribution >= 0.6 is 0 Å². The Morgan fingerprint density at radius 2 is 1.48 bits per heavy atom. The average molecular weight is 417 g/mol. The number of aliphatic hydroxyl groups excluding tert-OH is 1. The molecule has 0 rings (SSSR count). The first-order chi connectivity index (χ1) is 13.4. The summed E-state index contributed by atoms with van der Waals surface area (Å²) in [5, 5.41) is 25.2. The summed E-state index contributed by atoms with van der Waals surface area (Å²) in [7, 11) is 0. The molecule has 0 aromatic heterocycles. The molecule has 29 heavy (non-hydrogen) atoms. The van der Waals surface area contributed by atoms with Crippen LogP contribution in [0.4, 0.5) is 0 Å². The predicted octanol–water partition coefficient (Wildman–Crippen LogP) is -2.82. The third kappa shape index (κ3) is 9.34. The van der Waals surface area contributed by atoms with Gasteiger partial charge in [0.25, 0.3) is 0 Å². The summed E-state index contributed by atoms with van der Waals surface area (Å²) >= 11 is 0. The van der Waals surface area contributed by atoms with Gasteiger partial charge in [-0.3, -0.25) is 19.2 Å². The lowest BCUT2D eigenvalue weighted by molar-refractivity contribution is -0.142. The first-order valence-corrected chi connectivity index (χ1v) is 9.23. The maximum atomic E-state index is 12.2. The van der Waals surface area contributed by atoms with Gasteiger partial charge in [-0.15, -0.1) is 0 Å². The molecule has 0 aliphatic heterocycles. The predicted molar refractivity (Wildman–Crippen MR) is 102 cm³/mol. The molecule has 166 valence electrons. The van der Waals surface area contributed by atoms with Gasteiger partial charge >= 0.3 is 5.97 Å². The van der Waals surface area contributed by atoms with E-state index in [4.69, 9.17) is 16.6 Å². The van der Waals surface area contributed by atoms with Crippen LogP contribution in [0.25, 0.3) is 0 Å². The lowest BCUT2D eigenvalue weighted by Crippen LogP contribution is -2.58. The Labute approximate surface area is 168 Å². The van der Waals surface area contributed by atoms with Crippen molar-refractivity contribution in [3.63, 3.8) is 0 Å². The number of amides is 4. The highest BCUT2D eigenvalue weighted by molar-refractivity contribution is 5.94. The number of hydrogen-bond acceptors (Lipinski definition) is 7. The number of carboxylic acid groups (broad SMARTS) is 1. The fourth-order valence-electron chi connectivity index (χ4n) is 2.19. The van der Waals surface area contributed by atoms with Crippen molar-refractivity contribution in [3.05, 3.63) is 0 Å². The molecule has 0 aromatic rings. The molecule has 12 nitrogen and oxygen atoms in total. The molecule has 0 fully saturated rings. The molecule has 0 radical (unpaired) electrons. The van der Waals surface area contributed by atoms with E-state index in [-0.39, 0.29) is 18.8 Å². The highest BCUT2D eigenvalue weighted by Crippen LogP contribution is 2.05. The summed E-state index contributed by atoms with van der Waals surface area (Å²) in [6.45, 7) is 4.18. The van der Waals surface area contributed by atoms with E-state index in [1.807, 2.05) is 6.92 Å². The van der Waals surface area contributed by atoms with Gasteiger partial charge in [0, 0.05) is 6.42 Å². The summed E-state index contributed by atoms with van der Waals surface area (Å²) in [5.74, 6) is -4.52. The molecule has 12 heteroatoms. The molecule has 0 saturated carbocycles. The smallest absolute Gasteiger partial charge is 0.326 e. The summed E-state index contributed by atoms with van der Waals surface area (Å²) < 4.78 is 0. The number of aliphatic hydroxyl groups is 1. The van der Waals surface area contributed by atoms with Crippen molar-refractivity contribution >= 4 is 29.6 Å². The lowest BCUT2D eigenvalue weighted by Gasteiger charge is -2.23. The van der Waals surface area contributed by atoms with Crippen LogP contribution in [0.15, 0.2) is 0 Å². The Balaban J connectivity index is 4.85. The molecular formula is C17H31N5O7. The van der Waals surface area contributed by atoms with Crippen LogP contribution < -0.4 is 27.4 Å². The second-order valence-electron chi connectivity index (χ2n) is 6.79. The molecule has 0 spiro atoms. The summed E-state index contributed by atoms with van der Waals surface area (Å²) in [5.41, 5.74) is 10.7. The van der Waals surface area contributed by atoms with Gasteiger partial charge in [0.1, 0.15) is 18.1 Å². The second kappa shape index (κ2) is 12.7. The van der Waals surface area contributed by atoms with Gasteiger partial charge in [0.05, 0.1) is 12.6 Å². The summed E-state index contributed by atoms with van der Waals surface area (Å²) in [4.78, 5) is 58.4. The molecule has 9 N–H and O–H groups in total. The molecule has 0 heterocycles. The van der Waals surface area contributed by atoms with Gasteiger partial charge in [-0.05, 0) is 19.3 Å². The largest absolute Gasteiger partial charge is 0.480 e. The van der Waals surface area contributed by atoms with Crippen LogP contribution in [0.3, 0.4) is 0 Å². The molecule has 5 atom stereocenters. The Morgan fingerprint density at radius 1 is 0.931 bits per heavy atom. The van der Waals surface area contributed by atoms with Crippen molar-refractivity contribution in [1.29, 1.82) is 0 Å². The van der Waals surface area contributed by atoms with Gasteiger partial charge in [-0.2, -0.15) is 0 Å². The fraction of sp³-hybridized carbons (Fsp3) is 0.706. The van der Waals surface area contributed by atoms with Crippen molar-refractivity contribution in [2.75, 3.05) is 6.61 Å². The molecule has 4 amide bonds. The van der Waals surface area contributed by atoms with Gasteiger partial charge in [0.2, 0.25) is 23.6 Å². The van der Waals surface area contributed by atoms with E-state index in [1.54, 1.807) is 6.92 Å². The zero-order valence-corrected chi connectivity index (χ0v) is 16.8. The molecule has 0 bridgehead atoms. The van der Waals surface area contributed by atoms with E-state index in [9.17, 15) is 29.1 Å². The second-order valence-corrected chi connectivity index (χ2v) is 6.79. The number of carbonyl (C=O) groups excluding carboxylic acids is 4. The van der Waals surface area contributed by atoms with Gasteiger partial charge in [-0.1, -0.05) is 20.3 Å². The van der Waals surface area contributed by atoms with E-state index < -0.39 is 60.4 Å². The molecule has 5 unspecified atom stereocenters. The minimum absolute atomic E-state index is 0.143. The minimum atomic E-state index is -1.36. The van der Waals surface area contributed by atoms with Crippen molar-refractivity contribution < 1.29 is 34.2 Å². The van der Waals surface area contributed by atoms with Crippen molar-refractivity contribution in [1.82, 2.24) is 16.0 Å². The van der Waals surface area contributed by atoms with Crippen LogP contribution in [-0.4, -0.2) is 70.6 Å². The number of carbonyl (C=O) groups is 5. The van der Waals surface area contributed by atoms with Crippen LogP contribution in [0.2, 0.25) is 0 Å². The van der Waals surface area contributed by atoms with Gasteiger partial charge in [0.15, 0.2) is 0 Å². The monoisotopic (exact) mass is 417 g/mol. The third-order valence-electron chi connectivity index (χ3n) is 4.42. The Bertz CT molecular complexity index is 613. The SMILES string of the molecule is CCC(C)C(N)C(=O)NC(CO)C(=O)NC(C)C(=O)NC(CCC(N)=O)C(=O)O. The molecule has 0 aliphatic carbocycles. The van der Waals surface area contributed by atoms with Crippen molar-refractivity contribution in [2.24, 2.45) is 17.4 Å². The Hall–Kier alpha value is -2.73. The van der Waals surface area contributed by atoms with Crippen LogP contribution in [-0.2, 0) is 24.0 Å². The zero-order chi connectivity index (χ0) is 22.7. The topological polar surface area (TPSA) is 214 Å². The number of primary amides is 1. The maximum absolute atomic E-state index is 12.2. The standard InChI is InChI=1S/C17H31N5O7/c1-4-8(2)13(19)16(27)22-11(7-23)15(26)20-9(3)14(25)21-10(17(28)29)5-6-12(18)24/h8-11,13,23H,4-7,19H2,1-3H3,(H2,18,24)(H,20,26)(H,21,25)(H,22,27)(H,28,29). The Morgan fingerprint density at radius 3 is 1.93 bits per heavy atom. The normalized spacial score (nSPS) is 15.9. The number of hydrogen-bond donors (Lipinski definition) is 7. The van der Waals surface area contributed by atoms with Crippen molar-refractivity contribution in [3.8, 4) is 0 Å². The summed E-state index contributed by atoms with van der Waals surface area (Å²) in [6.07, 6.45) is 0.190. The average Bonchev–Trinajstić information content (AvgIpc) is 2.66. The number of carboxylic acids is 1. The first-order valence-electron chi connectivity index (χ1n) is 9.23. The summed E-state index contributed by atoms with van der Waals surface area (Å²) in [6, 6.07) is -4.74. The maximum Gasteiger partial charge on any atom is 0.326 e. The molecular weight excluding hydrogens is 386 g/mol. The number of nitrogens with two attached hydrogens (primary N) is 2. The van der Waals surface area contributed by atoms with E-state index in [0.717, 1.165) is 0 Å². The fourth-order valence-corrected chi connectivity index (χ4v) is 2.19. The highest BCUT2D eigenvalue weighted by Gasteiger charge is 2.29. The highest BCUT2D eigenvalue weighted by atomic mass is 16.4.